The molecule has 6 nitrogen and oxygen atoms in total. The number of aryl methyl sites for hydroxylation is 1. The summed E-state index contributed by atoms with van der Waals surface area (Å²) < 4.78 is 5.30. The molecule has 1 unspecified atom stereocenters. The van der Waals surface area contributed by atoms with E-state index in [9.17, 15) is 9.59 Å². The van der Waals surface area contributed by atoms with E-state index < -0.39 is 11.9 Å². The van der Waals surface area contributed by atoms with Crippen molar-refractivity contribution in [1.82, 2.24) is 10.1 Å². The van der Waals surface area contributed by atoms with Crippen LogP contribution in [-0.4, -0.2) is 40.6 Å². The number of aliphatic carboxylic acids is 1. The highest BCUT2D eigenvalue weighted by Crippen LogP contribution is 2.19. The van der Waals surface area contributed by atoms with Crippen LogP contribution in [-0.2, 0) is 16.0 Å². The van der Waals surface area contributed by atoms with Gasteiger partial charge in [-0.05, 0) is 13.3 Å². The molecule has 2 rings (SSSR count). The molecule has 0 bridgehead atoms. The van der Waals surface area contributed by atoms with Gasteiger partial charge in [0.2, 0.25) is 5.91 Å². The first kappa shape index (κ1) is 16.7. The topological polar surface area (TPSA) is 83.6 Å². The fourth-order valence-corrected chi connectivity index (χ4v) is 2.21. The molecule has 0 aliphatic rings. The Labute approximate surface area is 134 Å². The van der Waals surface area contributed by atoms with Crippen LogP contribution in [0.4, 0.5) is 0 Å². The Morgan fingerprint density at radius 2 is 2.00 bits per heavy atom. The third kappa shape index (κ3) is 4.42. The van der Waals surface area contributed by atoms with E-state index >= 15 is 0 Å². The van der Waals surface area contributed by atoms with E-state index in [1.54, 1.807) is 7.05 Å². The van der Waals surface area contributed by atoms with Gasteiger partial charge >= 0.3 is 5.97 Å². The van der Waals surface area contributed by atoms with Gasteiger partial charge in [0, 0.05) is 31.6 Å². The minimum absolute atomic E-state index is 0.389. The summed E-state index contributed by atoms with van der Waals surface area (Å²) in [6.45, 7) is 1.86. The van der Waals surface area contributed by atoms with Gasteiger partial charge in [-0.2, -0.15) is 0 Å². The molecule has 0 aliphatic carbocycles. The molecular formula is C17H20N2O4. The lowest BCUT2D eigenvalue weighted by Gasteiger charge is -2.18. The summed E-state index contributed by atoms with van der Waals surface area (Å²) in [6.07, 6.45) is 1.32. The van der Waals surface area contributed by atoms with E-state index in [0.717, 1.165) is 17.0 Å². The predicted octanol–water partition coefficient (Wildman–Crippen LogP) is 2.45. The van der Waals surface area contributed by atoms with E-state index in [1.165, 1.54) is 11.8 Å². The summed E-state index contributed by atoms with van der Waals surface area (Å²) in [5, 5.41) is 12.9. The van der Waals surface area contributed by atoms with Crippen LogP contribution in [0.25, 0.3) is 11.3 Å². The third-order valence-electron chi connectivity index (χ3n) is 3.66. The molecule has 0 spiro atoms. The molecule has 1 N–H and O–H groups in total. The molecule has 1 heterocycles. The molecule has 1 aromatic heterocycles. The molecule has 0 fully saturated rings. The minimum atomic E-state index is -1.11. The largest absolute Gasteiger partial charge is 0.481 e. The Kier molecular flexibility index (Phi) is 5.51. The molecular weight excluding hydrogens is 296 g/mol. The van der Waals surface area contributed by atoms with Gasteiger partial charge < -0.3 is 14.5 Å². The third-order valence-corrected chi connectivity index (χ3v) is 3.66. The summed E-state index contributed by atoms with van der Waals surface area (Å²) in [5.74, 6) is -1.77. The van der Waals surface area contributed by atoms with Gasteiger partial charge in [-0.25, -0.2) is 0 Å². The molecule has 2 aromatic rings. The smallest absolute Gasteiger partial charge is 0.315 e. The number of benzene rings is 1. The molecule has 1 aromatic carbocycles. The van der Waals surface area contributed by atoms with Crippen molar-refractivity contribution in [2.24, 2.45) is 5.92 Å². The maximum Gasteiger partial charge on any atom is 0.315 e. The van der Waals surface area contributed by atoms with Crippen molar-refractivity contribution in [3.63, 3.8) is 0 Å². The fourth-order valence-electron chi connectivity index (χ4n) is 2.21. The first-order chi connectivity index (χ1) is 11.0. The van der Waals surface area contributed by atoms with Crippen LogP contribution in [0.3, 0.4) is 0 Å². The van der Waals surface area contributed by atoms with Crippen LogP contribution in [0.5, 0.6) is 0 Å². The highest BCUT2D eigenvalue weighted by Gasteiger charge is 2.23. The number of nitrogens with zero attached hydrogens (tertiary/aromatic N) is 2. The molecule has 0 aliphatic heterocycles. The number of carbonyl (C=O) groups excluding carboxylic acids is 1. The number of carboxylic acids is 1. The van der Waals surface area contributed by atoms with Crippen molar-refractivity contribution >= 4 is 11.9 Å². The number of hydrogen-bond acceptors (Lipinski definition) is 4. The first-order valence-corrected chi connectivity index (χ1v) is 7.48. The second kappa shape index (κ2) is 7.58. The number of amides is 1. The van der Waals surface area contributed by atoms with Crippen molar-refractivity contribution in [1.29, 1.82) is 0 Å². The first-order valence-electron chi connectivity index (χ1n) is 7.48. The van der Waals surface area contributed by atoms with Gasteiger partial charge in [0.25, 0.3) is 0 Å². The van der Waals surface area contributed by atoms with Crippen molar-refractivity contribution in [2.75, 3.05) is 13.6 Å². The summed E-state index contributed by atoms with van der Waals surface area (Å²) in [7, 11) is 1.61. The summed E-state index contributed by atoms with van der Waals surface area (Å²) >= 11 is 0. The second-order valence-electron chi connectivity index (χ2n) is 5.47. The summed E-state index contributed by atoms with van der Waals surface area (Å²) in [5.41, 5.74) is 1.77. The van der Waals surface area contributed by atoms with Gasteiger partial charge in [-0.1, -0.05) is 35.5 Å². The summed E-state index contributed by atoms with van der Waals surface area (Å²) in [4.78, 5) is 24.1. The number of carbonyl (C=O) groups is 2. The van der Waals surface area contributed by atoms with Crippen LogP contribution in [0, 0.1) is 5.92 Å². The fraction of sp³-hybridized carbons (Fsp3) is 0.353. The predicted molar refractivity (Wildman–Crippen MR) is 84.7 cm³/mol. The zero-order chi connectivity index (χ0) is 16.8. The van der Waals surface area contributed by atoms with Crippen molar-refractivity contribution in [3.05, 3.63) is 42.2 Å². The number of aromatic nitrogens is 1. The average Bonchev–Trinajstić information content (AvgIpc) is 3.03. The highest BCUT2D eigenvalue weighted by atomic mass is 16.5. The lowest BCUT2D eigenvalue weighted by Crippen LogP contribution is -2.36. The Bertz CT molecular complexity index is 666. The average molecular weight is 316 g/mol. The van der Waals surface area contributed by atoms with E-state index in [2.05, 4.69) is 5.16 Å². The molecule has 23 heavy (non-hydrogen) atoms. The number of rotatable bonds is 7. The van der Waals surface area contributed by atoms with Crippen LogP contribution in [0.15, 0.2) is 40.9 Å². The molecule has 1 atom stereocenters. The van der Waals surface area contributed by atoms with Gasteiger partial charge in [0.1, 0.15) is 17.4 Å². The van der Waals surface area contributed by atoms with Gasteiger partial charge in [0.05, 0.1) is 0 Å². The number of carboxylic acid groups (broad SMARTS) is 1. The van der Waals surface area contributed by atoms with Crippen molar-refractivity contribution < 1.29 is 19.2 Å². The maximum absolute atomic E-state index is 11.8. The molecule has 6 heteroatoms. The summed E-state index contributed by atoms with van der Waals surface area (Å²) in [6, 6.07) is 11.6. The maximum atomic E-state index is 11.8. The lowest BCUT2D eigenvalue weighted by atomic mass is 10.1. The van der Waals surface area contributed by atoms with Crippen molar-refractivity contribution in [3.8, 4) is 11.3 Å². The van der Waals surface area contributed by atoms with Gasteiger partial charge in [0.15, 0.2) is 0 Å². The molecule has 1 amide bonds. The van der Waals surface area contributed by atoms with Crippen LogP contribution in [0.1, 0.15) is 19.1 Å². The minimum Gasteiger partial charge on any atom is -0.481 e. The van der Waals surface area contributed by atoms with Crippen LogP contribution >= 0.6 is 0 Å². The lowest BCUT2D eigenvalue weighted by molar-refractivity contribution is -0.149. The van der Waals surface area contributed by atoms with E-state index in [1.807, 2.05) is 36.4 Å². The monoisotopic (exact) mass is 316 g/mol. The van der Waals surface area contributed by atoms with Gasteiger partial charge in [-0.3, -0.25) is 9.59 Å². The molecule has 0 saturated heterocycles. The zero-order valence-electron chi connectivity index (χ0n) is 13.2. The standard InChI is InChI=1S/C17H20N2O4/c1-12(17(21)22)16(20)19(2)10-6-9-14-11-15(18-23-14)13-7-4-3-5-8-13/h3-5,7-8,11-12H,6,9-10H2,1-2H3,(H,21,22). The normalized spacial score (nSPS) is 11.9. The van der Waals surface area contributed by atoms with E-state index in [0.29, 0.717) is 19.4 Å². The Hall–Kier alpha value is -2.63. The Morgan fingerprint density at radius 3 is 2.65 bits per heavy atom. The Morgan fingerprint density at radius 1 is 1.30 bits per heavy atom. The van der Waals surface area contributed by atoms with E-state index in [-0.39, 0.29) is 5.91 Å². The molecule has 0 radical (unpaired) electrons. The number of hydrogen-bond donors (Lipinski definition) is 1. The quantitative estimate of drug-likeness (QED) is 0.793. The van der Waals surface area contributed by atoms with Crippen molar-refractivity contribution in [2.45, 2.75) is 19.8 Å². The zero-order valence-corrected chi connectivity index (χ0v) is 13.2. The van der Waals surface area contributed by atoms with Crippen LogP contribution in [0.2, 0.25) is 0 Å². The second-order valence-corrected chi connectivity index (χ2v) is 5.47. The van der Waals surface area contributed by atoms with Crippen LogP contribution < -0.4 is 0 Å². The molecule has 0 saturated carbocycles. The van der Waals surface area contributed by atoms with Gasteiger partial charge in [-0.15, -0.1) is 0 Å². The van der Waals surface area contributed by atoms with E-state index in [4.69, 9.17) is 9.63 Å². The molecule has 122 valence electrons. The highest BCUT2D eigenvalue weighted by molar-refractivity contribution is 5.96. The Balaban J connectivity index is 1.84. The SMILES string of the molecule is CC(C(=O)O)C(=O)N(C)CCCc1cc(-c2ccccc2)no1.